The smallest absolute Gasteiger partial charge is 0.323 e. The highest BCUT2D eigenvalue weighted by Gasteiger charge is 2.36. The van der Waals surface area contributed by atoms with Gasteiger partial charge >= 0.3 is 18.7 Å². The van der Waals surface area contributed by atoms with Gasteiger partial charge in [-0.3, -0.25) is 28.8 Å². The minimum atomic E-state index is -5.19. The van der Waals surface area contributed by atoms with E-state index in [4.69, 9.17) is 5.14 Å². The number of H-pyrrole nitrogens is 1. The molecule has 0 fully saturated rings. The summed E-state index contributed by atoms with van der Waals surface area (Å²) in [7, 11) is -9.69. The fourth-order valence-electron chi connectivity index (χ4n) is 3.89. The zero-order valence-corrected chi connectivity index (χ0v) is 18.6. The molecule has 15 heteroatoms. The van der Waals surface area contributed by atoms with E-state index in [0.717, 1.165) is 12.1 Å². The molecule has 1 unspecified atom stereocenters. The van der Waals surface area contributed by atoms with Crippen LogP contribution in [0, 0.1) is 10.1 Å². The summed E-state index contributed by atoms with van der Waals surface area (Å²) >= 11 is 0. The molecule has 3 aromatic carbocycles. The van der Waals surface area contributed by atoms with Crippen LogP contribution in [-0.4, -0.2) is 32.7 Å². The number of fused-ring (bicyclic) bond motifs is 3. The van der Waals surface area contributed by atoms with Crippen molar-refractivity contribution in [2.45, 2.75) is 10.7 Å². The number of hydrogen-bond acceptors (Lipinski definition) is 7. The Morgan fingerprint density at radius 1 is 1.09 bits per heavy atom. The molecule has 1 atom stereocenters. The molecule has 0 aliphatic heterocycles. The molecule has 1 heterocycles. The van der Waals surface area contributed by atoms with Crippen molar-refractivity contribution >= 4 is 45.1 Å². The maximum Gasteiger partial charge on any atom is 0.352 e. The number of non-ortho nitro benzene ring substituents is 1. The Morgan fingerprint density at radius 2 is 1.74 bits per heavy atom. The van der Waals surface area contributed by atoms with E-state index in [0.29, 0.717) is 4.57 Å². The standard InChI is InChI=1S/C19H15N4O9PS/c20-34(31,32)14-8-4-7-11-15(14)13(23(26)27)9-12-16(11)22(18(25)17(24)21-12)19(33(28,29)30)10-5-2-1-3-6-10/h1-9,19H,(H,21,24)(H2,20,31,32)(H2,28,29,30). The molecule has 4 aromatic rings. The fraction of sp³-hybridized carbons (Fsp3) is 0.0526. The van der Waals surface area contributed by atoms with Gasteiger partial charge < -0.3 is 14.8 Å². The molecule has 176 valence electrons. The Hall–Kier alpha value is -3.68. The summed E-state index contributed by atoms with van der Waals surface area (Å²) in [6, 6.07) is 11.4. The molecule has 34 heavy (non-hydrogen) atoms. The molecule has 13 nitrogen and oxygen atoms in total. The molecule has 0 aliphatic rings. The maximum absolute atomic E-state index is 13.0. The first kappa shape index (κ1) is 23.5. The van der Waals surface area contributed by atoms with E-state index >= 15 is 0 Å². The normalized spacial score (nSPS) is 13.3. The second-order valence-corrected chi connectivity index (χ2v) is 10.5. The van der Waals surface area contributed by atoms with Crippen LogP contribution in [0.2, 0.25) is 0 Å². The van der Waals surface area contributed by atoms with Crippen molar-refractivity contribution in [3.05, 3.63) is 91.0 Å². The number of sulfonamides is 1. The topological polar surface area (TPSA) is 216 Å². The number of aromatic amines is 1. The van der Waals surface area contributed by atoms with Crippen LogP contribution in [-0.2, 0) is 14.6 Å². The molecule has 0 saturated heterocycles. The molecule has 0 amide bonds. The molecular formula is C19H15N4O9PS. The maximum atomic E-state index is 13.0. The van der Waals surface area contributed by atoms with E-state index in [1.165, 1.54) is 36.4 Å². The van der Waals surface area contributed by atoms with Crippen LogP contribution in [0.5, 0.6) is 0 Å². The first-order valence-electron chi connectivity index (χ1n) is 9.34. The molecule has 0 saturated carbocycles. The van der Waals surface area contributed by atoms with Crippen LogP contribution in [0.1, 0.15) is 11.3 Å². The van der Waals surface area contributed by atoms with E-state index in [1.54, 1.807) is 6.07 Å². The van der Waals surface area contributed by atoms with Crippen molar-refractivity contribution in [2.75, 3.05) is 0 Å². The number of rotatable bonds is 5. The largest absolute Gasteiger partial charge is 0.352 e. The predicted molar refractivity (Wildman–Crippen MR) is 121 cm³/mol. The number of aromatic nitrogens is 2. The highest BCUT2D eigenvalue weighted by molar-refractivity contribution is 7.89. The van der Waals surface area contributed by atoms with E-state index in [9.17, 15) is 42.5 Å². The lowest BCUT2D eigenvalue weighted by Crippen LogP contribution is -2.38. The van der Waals surface area contributed by atoms with Crippen LogP contribution in [0.3, 0.4) is 0 Å². The van der Waals surface area contributed by atoms with Gasteiger partial charge in [-0.05, 0) is 11.6 Å². The predicted octanol–water partition coefficient (Wildman–Crippen LogP) is 1.12. The van der Waals surface area contributed by atoms with Gasteiger partial charge in [0.25, 0.3) is 5.69 Å². The summed E-state index contributed by atoms with van der Waals surface area (Å²) in [6.07, 6.45) is 0. The summed E-state index contributed by atoms with van der Waals surface area (Å²) in [6.45, 7) is 0. The Labute approximate surface area is 189 Å². The number of benzene rings is 3. The van der Waals surface area contributed by atoms with Gasteiger partial charge in [-0.25, -0.2) is 13.6 Å². The third kappa shape index (κ3) is 3.83. The average molecular weight is 506 g/mol. The number of nitrogens with two attached hydrogens (primary N) is 1. The van der Waals surface area contributed by atoms with Gasteiger partial charge in [-0.1, -0.05) is 42.5 Å². The number of nitro groups is 1. The Morgan fingerprint density at radius 3 is 2.29 bits per heavy atom. The van der Waals surface area contributed by atoms with Gasteiger partial charge in [0.2, 0.25) is 10.0 Å². The van der Waals surface area contributed by atoms with Crippen LogP contribution < -0.4 is 16.3 Å². The summed E-state index contributed by atoms with van der Waals surface area (Å²) in [5.74, 6) is -1.99. The Balaban J connectivity index is 2.36. The number of primary sulfonamides is 1. The van der Waals surface area contributed by atoms with Gasteiger partial charge in [-0.15, -0.1) is 0 Å². The molecule has 0 aliphatic carbocycles. The number of nitrogens with one attached hydrogen (secondary N) is 1. The second-order valence-electron chi connectivity index (χ2n) is 7.28. The lowest BCUT2D eigenvalue weighted by atomic mass is 10.1. The third-order valence-electron chi connectivity index (χ3n) is 5.14. The Bertz CT molecular complexity index is 1760. The van der Waals surface area contributed by atoms with Gasteiger partial charge in [0, 0.05) is 11.5 Å². The molecule has 1 aromatic heterocycles. The first-order valence-corrected chi connectivity index (χ1v) is 12.6. The van der Waals surface area contributed by atoms with Crippen molar-refractivity contribution in [1.82, 2.24) is 9.55 Å². The second kappa shape index (κ2) is 7.97. The van der Waals surface area contributed by atoms with E-state index < -0.39 is 55.4 Å². The van der Waals surface area contributed by atoms with Crippen LogP contribution in [0.4, 0.5) is 5.69 Å². The molecule has 0 radical (unpaired) electrons. The molecular weight excluding hydrogens is 491 g/mol. The van der Waals surface area contributed by atoms with Crippen molar-refractivity contribution in [2.24, 2.45) is 5.14 Å². The van der Waals surface area contributed by atoms with E-state index in [-0.39, 0.29) is 22.0 Å². The number of hydrogen-bond donors (Lipinski definition) is 4. The van der Waals surface area contributed by atoms with Crippen molar-refractivity contribution in [3.8, 4) is 0 Å². The summed E-state index contributed by atoms with van der Waals surface area (Å²) in [4.78, 5) is 58.2. The van der Waals surface area contributed by atoms with Crippen molar-refractivity contribution < 1.29 is 27.7 Å². The SMILES string of the molecule is NS(=O)(=O)c1cccc2c1c([N+](=O)[O-])cc1[nH]c(=O)c(=O)n(C(c3ccccc3)P(=O)(O)O)c12. The van der Waals surface area contributed by atoms with Gasteiger partial charge in [0.1, 0.15) is 0 Å². The van der Waals surface area contributed by atoms with Crippen LogP contribution in [0.15, 0.2) is 69.1 Å². The van der Waals surface area contributed by atoms with Crippen molar-refractivity contribution in [1.29, 1.82) is 0 Å². The third-order valence-corrected chi connectivity index (χ3v) is 7.26. The monoisotopic (exact) mass is 506 g/mol. The quantitative estimate of drug-likeness (QED) is 0.100. The lowest BCUT2D eigenvalue weighted by molar-refractivity contribution is -0.383. The molecule has 4 rings (SSSR count). The number of nitro benzene ring substituents is 1. The van der Waals surface area contributed by atoms with Gasteiger partial charge in [0.05, 0.1) is 26.2 Å². The summed E-state index contributed by atoms with van der Waals surface area (Å²) in [5.41, 5.74) is -4.07. The van der Waals surface area contributed by atoms with Crippen molar-refractivity contribution in [3.63, 3.8) is 0 Å². The zero-order valence-electron chi connectivity index (χ0n) is 16.9. The summed E-state index contributed by atoms with van der Waals surface area (Å²) in [5, 5.41) is 16.3. The Kier molecular flexibility index (Phi) is 5.50. The fourth-order valence-corrected chi connectivity index (χ4v) is 5.74. The zero-order chi connectivity index (χ0) is 25.0. The average Bonchev–Trinajstić information content (AvgIpc) is 2.74. The number of nitrogens with zero attached hydrogens (tertiary/aromatic N) is 2. The van der Waals surface area contributed by atoms with E-state index in [1.807, 2.05) is 0 Å². The minimum Gasteiger partial charge on any atom is -0.323 e. The highest BCUT2D eigenvalue weighted by Crippen LogP contribution is 2.53. The summed E-state index contributed by atoms with van der Waals surface area (Å²) < 4.78 is 37.5. The molecule has 0 spiro atoms. The van der Waals surface area contributed by atoms with Gasteiger partial charge in [-0.2, -0.15) is 0 Å². The lowest BCUT2D eigenvalue weighted by Gasteiger charge is -2.23. The molecule has 5 N–H and O–H groups in total. The first-order chi connectivity index (χ1) is 15.8. The van der Waals surface area contributed by atoms with Crippen LogP contribution >= 0.6 is 7.60 Å². The molecule has 0 bridgehead atoms. The van der Waals surface area contributed by atoms with E-state index in [2.05, 4.69) is 4.98 Å². The highest BCUT2D eigenvalue weighted by atomic mass is 32.2. The van der Waals surface area contributed by atoms with Crippen LogP contribution in [0.25, 0.3) is 21.8 Å². The van der Waals surface area contributed by atoms with Gasteiger partial charge in [0.15, 0.2) is 5.78 Å². The minimum absolute atomic E-state index is 0.0288.